The Morgan fingerprint density at radius 1 is 1.36 bits per heavy atom. The second kappa shape index (κ2) is 7.14. The lowest BCUT2D eigenvalue weighted by Crippen LogP contribution is -2.48. The van der Waals surface area contributed by atoms with E-state index in [0.29, 0.717) is 31.5 Å². The number of hydrogen-bond donors (Lipinski definition) is 3. The van der Waals surface area contributed by atoms with E-state index in [-0.39, 0.29) is 18.2 Å². The van der Waals surface area contributed by atoms with E-state index in [1.807, 2.05) is 18.2 Å². The van der Waals surface area contributed by atoms with Crippen LogP contribution in [0.2, 0.25) is 0 Å². The summed E-state index contributed by atoms with van der Waals surface area (Å²) in [6.07, 6.45) is 2.02. The van der Waals surface area contributed by atoms with Gasteiger partial charge in [-0.05, 0) is 24.5 Å². The first kappa shape index (κ1) is 17.9. The smallest absolute Gasteiger partial charge is 0.220 e. The quantitative estimate of drug-likeness (QED) is 0.710. The zero-order valence-electron chi connectivity index (χ0n) is 13.6. The standard InChI is InChI=1S/C17H20FN4O2P/c18-13-9-20-16(19)21-14(13)11-2-1-3-12(8-11)15(25)22-6-4-17(24,10-23)5-7-22/h1-3,8-9,23-25H,4-7,10H2,(H2,19,20,21). The number of halogens is 1. The van der Waals surface area contributed by atoms with Gasteiger partial charge in [-0.3, -0.25) is 4.90 Å². The van der Waals surface area contributed by atoms with Gasteiger partial charge >= 0.3 is 0 Å². The number of anilines is 1. The van der Waals surface area contributed by atoms with Gasteiger partial charge in [0.2, 0.25) is 5.95 Å². The van der Waals surface area contributed by atoms with Crippen molar-refractivity contribution in [2.45, 2.75) is 18.4 Å². The average Bonchev–Trinajstić information content (AvgIpc) is 2.64. The first-order valence-corrected chi connectivity index (χ1v) is 8.47. The molecule has 2 heterocycles. The van der Waals surface area contributed by atoms with Gasteiger partial charge in [0, 0.05) is 24.1 Å². The van der Waals surface area contributed by atoms with Crippen LogP contribution >= 0.6 is 8.86 Å². The second-order valence-corrected chi connectivity index (χ2v) is 6.70. The number of likely N-dealkylation sites (tertiary alicyclic amines) is 1. The predicted octanol–water partition coefficient (Wildman–Crippen LogP) is 1.30. The number of nitrogens with zero attached hydrogens (tertiary/aromatic N) is 3. The molecule has 1 aliphatic rings. The molecular formula is C17H20FN4O2P. The van der Waals surface area contributed by atoms with Crippen LogP contribution in [0.3, 0.4) is 0 Å². The Morgan fingerprint density at radius 3 is 2.76 bits per heavy atom. The van der Waals surface area contributed by atoms with Crippen LogP contribution in [0.15, 0.2) is 30.5 Å². The molecule has 0 unspecified atom stereocenters. The van der Waals surface area contributed by atoms with Gasteiger partial charge in [0.05, 0.1) is 18.4 Å². The summed E-state index contributed by atoms with van der Waals surface area (Å²) in [4.78, 5) is 9.69. The molecule has 6 nitrogen and oxygen atoms in total. The zero-order chi connectivity index (χ0) is 18.0. The second-order valence-electron chi connectivity index (χ2n) is 6.22. The maximum Gasteiger partial charge on any atom is 0.220 e. The number of nitrogen functional groups attached to an aromatic ring is 1. The van der Waals surface area contributed by atoms with Crippen molar-refractivity contribution in [2.75, 3.05) is 25.4 Å². The van der Waals surface area contributed by atoms with Crippen molar-refractivity contribution in [1.82, 2.24) is 14.9 Å². The van der Waals surface area contributed by atoms with Gasteiger partial charge in [0.15, 0.2) is 5.82 Å². The molecule has 132 valence electrons. The molecule has 1 saturated heterocycles. The number of rotatable bonds is 4. The molecule has 0 saturated carbocycles. The van der Waals surface area contributed by atoms with Gasteiger partial charge in [0.25, 0.3) is 0 Å². The van der Waals surface area contributed by atoms with Crippen LogP contribution in [0.25, 0.3) is 11.3 Å². The van der Waals surface area contributed by atoms with Crippen LogP contribution in [0.1, 0.15) is 18.4 Å². The third kappa shape index (κ3) is 3.85. The van der Waals surface area contributed by atoms with Crippen molar-refractivity contribution >= 4 is 20.2 Å². The van der Waals surface area contributed by atoms with E-state index in [2.05, 4.69) is 23.7 Å². The van der Waals surface area contributed by atoms with Gasteiger partial charge in [-0.2, -0.15) is 0 Å². The Bertz CT molecular complexity index is 794. The third-order valence-electron chi connectivity index (χ3n) is 4.48. The van der Waals surface area contributed by atoms with Crippen LogP contribution in [0, 0.1) is 5.82 Å². The van der Waals surface area contributed by atoms with Crippen LogP contribution in [0.4, 0.5) is 10.3 Å². The van der Waals surface area contributed by atoms with Crippen molar-refractivity contribution in [3.63, 3.8) is 0 Å². The number of aliphatic hydroxyl groups is 2. The van der Waals surface area contributed by atoms with E-state index in [1.165, 1.54) is 0 Å². The monoisotopic (exact) mass is 362 g/mol. The highest BCUT2D eigenvalue weighted by Crippen LogP contribution is 2.26. The Kier molecular flexibility index (Phi) is 5.11. The lowest BCUT2D eigenvalue weighted by atomic mass is 9.92. The molecule has 1 aromatic carbocycles. The SMILES string of the molecule is Nc1ncc(F)c(-c2cccc(C(=P)N3CCC(O)(CO)CC3)c2)n1. The molecule has 1 fully saturated rings. The first-order valence-electron chi connectivity index (χ1n) is 7.97. The zero-order valence-corrected chi connectivity index (χ0v) is 14.6. The Morgan fingerprint density at radius 2 is 2.08 bits per heavy atom. The van der Waals surface area contributed by atoms with E-state index >= 15 is 0 Å². The number of aromatic nitrogens is 2. The van der Waals surface area contributed by atoms with Gasteiger partial charge in [-0.25, -0.2) is 14.4 Å². The van der Waals surface area contributed by atoms with E-state index in [9.17, 15) is 14.6 Å². The maximum atomic E-state index is 14.0. The third-order valence-corrected chi connectivity index (χ3v) is 5.08. The maximum absolute atomic E-state index is 14.0. The lowest BCUT2D eigenvalue weighted by Gasteiger charge is -2.37. The van der Waals surface area contributed by atoms with Crippen molar-refractivity contribution < 1.29 is 14.6 Å². The molecule has 25 heavy (non-hydrogen) atoms. The molecule has 1 aromatic heterocycles. The minimum Gasteiger partial charge on any atom is -0.393 e. The summed E-state index contributed by atoms with van der Waals surface area (Å²) in [5, 5.41) is 19.4. The van der Waals surface area contributed by atoms with Crippen LogP contribution in [0.5, 0.6) is 0 Å². The van der Waals surface area contributed by atoms with Crippen LogP contribution < -0.4 is 5.73 Å². The molecule has 4 N–H and O–H groups in total. The minimum atomic E-state index is -1.01. The highest BCUT2D eigenvalue weighted by Gasteiger charge is 2.32. The van der Waals surface area contributed by atoms with Gasteiger partial charge in [-0.15, -0.1) is 8.86 Å². The summed E-state index contributed by atoms with van der Waals surface area (Å²) in [6, 6.07) is 7.30. The molecule has 0 aliphatic carbocycles. The Balaban J connectivity index is 1.82. The highest BCUT2D eigenvalue weighted by atomic mass is 31.0. The fourth-order valence-electron chi connectivity index (χ4n) is 2.88. The molecule has 1 aliphatic heterocycles. The summed E-state index contributed by atoms with van der Waals surface area (Å²) in [5.74, 6) is -0.517. The van der Waals surface area contributed by atoms with E-state index in [4.69, 9.17) is 5.73 Å². The van der Waals surface area contributed by atoms with Gasteiger partial charge in [0.1, 0.15) is 5.69 Å². The number of benzene rings is 1. The van der Waals surface area contributed by atoms with Crippen LogP contribution in [-0.2, 0) is 0 Å². The van der Waals surface area contributed by atoms with Crippen molar-refractivity contribution in [2.24, 2.45) is 0 Å². The molecule has 8 heteroatoms. The number of nitrogens with two attached hydrogens (primary N) is 1. The Labute approximate surface area is 147 Å². The molecule has 3 rings (SSSR count). The molecular weight excluding hydrogens is 342 g/mol. The molecule has 2 aromatic rings. The fourth-order valence-corrected chi connectivity index (χ4v) is 3.26. The number of hydrogen-bond acceptors (Lipinski definition) is 5. The average molecular weight is 362 g/mol. The van der Waals surface area contributed by atoms with Crippen LogP contribution in [-0.4, -0.2) is 55.8 Å². The normalized spacial score (nSPS) is 17.4. The van der Waals surface area contributed by atoms with Crippen molar-refractivity contribution in [3.8, 4) is 11.3 Å². The topological polar surface area (TPSA) is 95.5 Å². The predicted molar refractivity (Wildman–Crippen MR) is 97.1 cm³/mol. The van der Waals surface area contributed by atoms with Crippen molar-refractivity contribution in [3.05, 3.63) is 41.8 Å². The highest BCUT2D eigenvalue weighted by molar-refractivity contribution is 7.21. The van der Waals surface area contributed by atoms with E-state index in [1.54, 1.807) is 6.07 Å². The van der Waals surface area contributed by atoms with Crippen molar-refractivity contribution in [1.29, 1.82) is 0 Å². The molecule has 0 atom stereocenters. The molecule has 0 bridgehead atoms. The fraction of sp³-hybridized carbons (Fsp3) is 0.353. The minimum absolute atomic E-state index is 0.0173. The van der Waals surface area contributed by atoms with E-state index in [0.717, 1.165) is 17.2 Å². The largest absolute Gasteiger partial charge is 0.393 e. The molecule has 0 amide bonds. The summed E-state index contributed by atoms with van der Waals surface area (Å²) >= 11 is 0. The van der Waals surface area contributed by atoms with Gasteiger partial charge in [-0.1, -0.05) is 18.2 Å². The number of piperidine rings is 1. The Hall–Kier alpha value is -1.92. The molecule has 0 spiro atoms. The summed E-state index contributed by atoms with van der Waals surface area (Å²) < 4.78 is 14.0. The number of aliphatic hydroxyl groups excluding tert-OH is 1. The van der Waals surface area contributed by atoms with Gasteiger partial charge < -0.3 is 15.9 Å². The summed E-state index contributed by atoms with van der Waals surface area (Å²) in [5.41, 5.74) is 7.01. The van der Waals surface area contributed by atoms with E-state index < -0.39 is 11.4 Å². The molecule has 0 radical (unpaired) electrons. The lowest BCUT2D eigenvalue weighted by molar-refractivity contribution is -0.0494. The first-order chi connectivity index (χ1) is 11.9. The summed E-state index contributed by atoms with van der Waals surface area (Å²) in [7, 11) is 3.65. The summed E-state index contributed by atoms with van der Waals surface area (Å²) in [6.45, 7) is 0.978.